The van der Waals surface area contributed by atoms with Crippen molar-refractivity contribution in [3.05, 3.63) is 108 Å². The zero-order chi connectivity index (χ0) is 29.5. The summed E-state index contributed by atoms with van der Waals surface area (Å²) in [7, 11) is 3.06. The number of carbonyl (C=O) groups excluding carboxylic acids is 2. The normalized spacial score (nSPS) is 10.5. The lowest BCUT2D eigenvalue weighted by atomic mass is 10.1. The number of methoxy groups -OCH3 is 2. The first-order valence-electron chi connectivity index (χ1n) is 12.9. The molecule has 0 saturated carbocycles. The average molecular weight is 581 g/mol. The minimum absolute atomic E-state index is 0.286. The van der Waals surface area contributed by atoms with Crippen molar-refractivity contribution in [2.45, 2.75) is 6.92 Å². The van der Waals surface area contributed by atoms with Crippen LogP contribution in [0.5, 0.6) is 11.5 Å². The fourth-order valence-corrected chi connectivity index (χ4v) is 4.86. The maximum absolute atomic E-state index is 13.1. The highest BCUT2D eigenvalue weighted by molar-refractivity contribution is 7.13. The van der Waals surface area contributed by atoms with Crippen LogP contribution in [-0.2, 0) is 0 Å². The van der Waals surface area contributed by atoms with E-state index in [2.05, 4.69) is 25.9 Å². The Kier molecular flexibility index (Phi) is 8.59. The molecule has 3 amide bonds. The van der Waals surface area contributed by atoms with Gasteiger partial charge in [0.2, 0.25) is 0 Å². The lowest BCUT2D eigenvalue weighted by Crippen LogP contribution is -2.20. The number of nitrogens with zero attached hydrogens (tertiary/aromatic N) is 3. The summed E-state index contributed by atoms with van der Waals surface area (Å²) in [5.74, 6) is 0.788. The summed E-state index contributed by atoms with van der Waals surface area (Å²) in [5.41, 5.74) is 4.80. The van der Waals surface area contributed by atoms with Gasteiger partial charge >= 0.3 is 6.03 Å². The molecule has 5 aromatic rings. The Morgan fingerprint density at radius 1 is 0.857 bits per heavy atom. The molecule has 10 nitrogen and oxygen atoms in total. The second-order valence-electron chi connectivity index (χ2n) is 9.04. The van der Waals surface area contributed by atoms with Crippen LogP contribution in [0.25, 0.3) is 0 Å². The Morgan fingerprint density at radius 3 is 2.36 bits per heavy atom. The van der Waals surface area contributed by atoms with Gasteiger partial charge in [0.1, 0.15) is 11.5 Å². The van der Waals surface area contributed by atoms with Crippen LogP contribution in [0.3, 0.4) is 0 Å². The third kappa shape index (κ3) is 6.48. The minimum atomic E-state index is -0.457. The van der Waals surface area contributed by atoms with Gasteiger partial charge in [0.25, 0.3) is 5.91 Å². The van der Waals surface area contributed by atoms with E-state index in [4.69, 9.17) is 9.47 Å². The second kappa shape index (κ2) is 12.8. The van der Waals surface area contributed by atoms with E-state index in [9.17, 15) is 9.59 Å². The molecule has 0 bridgehead atoms. The number of ether oxygens (including phenoxy) is 2. The van der Waals surface area contributed by atoms with Gasteiger partial charge in [-0.15, -0.1) is 11.3 Å². The quantitative estimate of drug-likeness (QED) is 0.168. The van der Waals surface area contributed by atoms with Gasteiger partial charge in [-0.05, 0) is 73.2 Å². The predicted octanol–water partition coefficient (Wildman–Crippen LogP) is 7.23. The smallest absolute Gasteiger partial charge is 0.323 e. The number of aryl methyl sites for hydroxylation is 1. The van der Waals surface area contributed by atoms with Crippen LogP contribution in [0, 0.1) is 6.92 Å². The van der Waals surface area contributed by atoms with Crippen LogP contribution >= 0.6 is 11.3 Å². The second-order valence-corrected chi connectivity index (χ2v) is 9.91. The van der Waals surface area contributed by atoms with E-state index in [1.54, 1.807) is 68.2 Å². The van der Waals surface area contributed by atoms with Crippen LogP contribution < -0.4 is 30.3 Å². The molecule has 0 radical (unpaired) electrons. The number of aromatic nitrogens is 2. The molecule has 0 unspecified atom stereocenters. The highest BCUT2D eigenvalue weighted by Crippen LogP contribution is 2.38. The standard InChI is InChI=1S/C31H28N6O4S/c1-20-6-9-23(17-27(20)37(31-33-15-16-42-31)24-5-4-14-32-19-24)34-29(38)21-7-10-22(11-8-21)35-30(39)36-26-13-12-25(40-2)18-28(26)41-3/h4-19H,1-3H3,(H,34,38)(H2,35,36,39). The molecule has 42 heavy (non-hydrogen) atoms. The maximum atomic E-state index is 13.1. The van der Waals surface area contributed by atoms with Gasteiger partial charge in [-0.3, -0.25) is 14.7 Å². The van der Waals surface area contributed by atoms with Gasteiger partial charge in [-0.2, -0.15) is 0 Å². The number of hydrogen-bond donors (Lipinski definition) is 3. The van der Waals surface area contributed by atoms with Crippen molar-refractivity contribution in [1.29, 1.82) is 0 Å². The number of anilines is 6. The summed E-state index contributed by atoms with van der Waals surface area (Å²) in [6.07, 6.45) is 5.25. The number of amides is 3. The summed E-state index contributed by atoms with van der Waals surface area (Å²) in [4.78, 5) is 36.4. The highest BCUT2D eigenvalue weighted by atomic mass is 32.1. The Bertz CT molecular complexity index is 1680. The highest BCUT2D eigenvalue weighted by Gasteiger charge is 2.18. The minimum Gasteiger partial charge on any atom is -0.497 e. The first-order valence-corrected chi connectivity index (χ1v) is 13.7. The number of urea groups is 1. The number of nitrogens with one attached hydrogen (secondary N) is 3. The molecule has 2 heterocycles. The summed E-state index contributed by atoms with van der Waals surface area (Å²) in [5, 5.41) is 11.2. The Morgan fingerprint density at radius 2 is 1.67 bits per heavy atom. The number of pyridine rings is 1. The van der Waals surface area contributed by atoms with Gasteiger partial charge in [0, 0.05) is 40.8 Å². The van der Waals surface area contributed by atoms with Crippen LogP contribution in [0.2, 0.25) is 0 Å². The molecule has 0 fully saturated rings. The van der Waals surface area contributed by atoms with Crippen LogP contribution in [0.1, 0.15) is 15.9 Å². The average Bonchev–Trinajstić information content (AvgIpc) is 3.54. The van der Waals surface area contributed by atoms with Gasteiger partial charge in [-0.1, -0.05) is 6.07 Å². The van der Waals surface area contributed by atoms with E-state index in [0.29, 0.717) is 34.1 Å². The summed E-state index contributed by atoms with van der Waals surface area (Å²) in [6, 6.07) is 20.8. The van der Waals surface area contributed by atoms with Crippen molar-refractivity contribution in [2.75, 3.05) is 35.1 Å². The molecular formula is C31H28N6O4S. The molecule has 0 aliphatic rings. The number of rotatable bonds is 9. The van der Waals surface area contributed by atoms with E-state index < -0.39 is 6.03 Å². The van der Waals surface area contributed by atoms with E-state index >= 15 is 0 Å². The lowest BCUT2D eigenvalue weighted by molar-refractivity contribution is 0.102. The summed E-state index contributed by atoms with van der Waals surface area (Å²) >= 11 is 1.51. The molecule has 5 rings (SSSR count). The number of carbonyl (C=O) groups is 2. The van der Waals surface area contributed by atoms with E-state index in [1.807, 2.05) is 47.5 Å². The van der Waals surface area contributed by atoms with Gasteiger partial charge in [0.15, 0.2) is 5.13 Å². The monoisotopic (exact) mass is 580 g/mol. The molecule has 2 aromatic heterocycles. The molecule has 3 N–H and O–H groups in total. The van der Waals surface area contributed by atoms with Crippen molar-refractivity contribution in [2.24, 2.45) is 0 Å². The first kappa shape index (κ1) is 28.1. The van der Waals surface area contributed by atoms with Gasteiger partial charge in [0.05, 0.1) is 37.5 Å². The third-order valence-corrected chi connectivity index (χ3v) is 7.04. The first-order chi connectivity index (χ1) is 20.4. The molecular weight excluding hydrogens is 552 g/mol. The van der Waals surface area contributed by atoms with Crippen LogP contribution in [0.15, 0.2) is 96.8 Å². The zero-order valence-corrected chi connectivity index (χ0v) is 23.9. The molecule has 11 heteroatoms. The van der Waals surface area contributed by atoms with Crippen molar-refractivity contribution in [1.82, 2.24) is 9.97 Å². The third-order valence-electron chi connectivity index (χ3n) is 6.28. The molecule has 0 spiro atoms. The molecule has 0 aliphatic carbocycles. The van der Waals surface area contributed by atoms with Crippen molar-refractivity contribution >= 4 is 56.8 Å². The largest absolute Gasteiger partial charge is 0.497 e. The molecule has 0 aliphatic heterocycles. The molecule has 212 valence electrons. The SMILES string of the molecule is COc1ccc(NC(=O)Nc2ccc(C(=O)Nc3ccc(C)c(N(c4cccnc4)c4nccs4)c3)cc2)c(OC)c1. The maximum Gasteiger partial charge on any atom is 0.323 e. The number of hydrogen-bond acceptors (Lipinski definition) is 8. The molecule has 0 atom stereocenters. The fourth-order valence-electron chi connectivity index (χ4n) is 4.19. The van der Waals surface area contributed by atoms with E-state index in [-0.39, 0.29) is 5.91 Å². The zero-order valence-electron chi connectivity index (χ0n) is 23.1. The van der Waals surface area contributed by atoms with Gasteiger partial charge in [-0.25, -0.2) is 9.78 Å². The summed E-state index contributed by atoms with van der Waals surface area (Å²) < 4.78 is 10.5. The number of thiazole rings is 1. The van der Waals surface area contributed by atoms with E-state index in [0.717, 1.165) is 22.1 Å². The Balaban J connectivity index is 1.27. The Labute approximate surface area is 247 Å². The molecule has 3 aromatic carbocycles. The van der Waals surface area contributed by atoms with E-state index in [1.165, 1.54) is 18.4 Å². The predicted molar refractivity (Wildman–Crippen MR) is 166 cm³/mol. The van der Waals surface area contributed by atoms with Crippen molar-refractivity contribution in [3.63, 3.8) is 0 Å². The van der Waals surface area contributed by atoms with Crippen molar-refractivity contribution < 1.29 is 19.1 Å². The fraction of sp³-hybridized carbons (Fsp3) is 0.0968. The molecule has 0 saturated heterocycles. The van der Waals surface area contributed by atoms with Gasteiger partial charge < -0.3 is 25.4 Å². The van der Waals surface area contributed by atoms with Crippen LogP contribution in [0.4, 0.5) is 38.4 Å². The van der Waals surface area contributed by atoms with Crippen LogP contribution in [-0.4, -0.2) is 36.1 Å². The Hall–Kier alpha value is -5.42. The lowest BCUT2D eigenvalue weighted by Gasteiger charge is -2.24. The number of benzene rings is 3. The topological polar surface area (TPSA) is 118 Å². The summed E-state index contributed by atoms with van der Waals surface area (Å²) in [6.45, 7) is 2.00. The van der Waals surface area contributed by atoms with Crippen molar-refractivity contribution in [3.8, 4) is 11.5 Å².